The first kappa shape index (κ1) is 11.9. The van der Waals surface area contributed by atoms with Crippen molar-refractivity contribution in [1.29, 1.82) is 0 Å². The third-order valence-corrected chi connectivity index (χ3v) is 2.42. The number of benzene rings is 1. The lowest BCUT2D eigenvalue weighted by Gasteiger charge is -1.96. The van der Waals surface area contributed by atoms with Crippen LogP contribution in [0.4, 0.5) is 0 Å². The second-order valence-electron chi connectivity index (χ2n) is 3.71. The molecule has 2 aromatic rings. The van der Waals surface area contributed by atoms with Gasteiger partial charge in [0.1, 0.15) is 5.56 Å². The summed E-state index contributed by atoms with van der Waals surface area (Å²) in [5.41, 5.74) is 0.707. The third-order valence-electron chi connectivity index (χ3n) is 2.42. The van der Waals surface area contributed by atoms with Crippen LogP contribution in [0.25, 0.3) is 12.2 Å². The van der Waals surface area contributed by atoms with E-state index in [-0.39, 0.29) is 5.56 Å². The van der Waals surface area contributed by atoms with E-state index in [1.54, 1.807) is 12.1 Å². The molecule has 0 spiro atoms. The molecule has 0 bridgehead atoms. The van der Waals surface area contributed by atoms with E-state index < -0.39 is 11.5 Å². The van der Waals surface area contributed by atoms with Crippen molar-refractivity contribution < 1.29 is 9.90 Å². The molecule has 0 radical (unpaired) electrons. The zero-order valence-electron chi connectivity index (χ0n) is 9.46. The number of carboxylic acid groups (broad SMARTS) is 1. The number of H-pyrrole nitrogens is 1. The van der Waals surface area contributed by atoms with Gasteiger partial charge in [-0.3, -0.25) is 4.79 Å². The molecular formula is C14H11NO3. The molecule has 4 heteroatoms. The Bertz CT molecular complexity index is 642. The first-order valence-corrected chi connectivity index (χ1v) is 5.36. The normalized spacial score (nSPS) is 10.7. The molecule has 0 saturated carbocycles. The van der Waals surface area contributed by atoms with Crippen LogP contribution in [-0.2, 0) is 0 Å². The minimum atomic E-state index is -1.23. The number of aromatic nitrogens is 1. The van der Waals surface area contributed by atoms with Gasteiger partial charge in [-0.1, -0.05) is 36.4 Å². The van der Waals surface area contributed by atoms with Crippen molar-refractivity contribution in [3.8, 4) is 0 Å². The van der Waals surface area contributed by atoms with E-state index in [9.17, 15) is 9.59 Å². The van der Waals surface area contributed by atoms with Crippen molar-refractivity contribution in [3.05, 3.63) is 69.6 Å². The van der Waals surface area contributed by atoms with Crippen LogP contribution in [0, 0.1) is 0 Å². The Hall–Kier alpha value is -2.62. The van der Waals surface area contributed by atoms with Crippen molar-refractivity contribution in [1.82, 2.24) is 4.98 Å². The summed E-state index contributed by atoms with van der Waals surface area (Å²) in [7, 11) is 0. The molecular weight excluding hydrogens is 230 g/mol. The van der Waals surface area contributed by atoms with Crippen molar-refractivity contribution in [3.63, 3.8) is 0 Å². The lowest BCUT2D eigenvalue weighted by molar-refractivity contribution is 0.0695. The predicted octanol–water partition coefficient (Wildman–Crippen LogP) is 2.24. The number of aromatic carboxylic acids is 1. The predicted molar refractivity (Wildman–Crippen MR) is 69.4 cm³/mol. The van der Waals surface area contributed by atoms with Gasteiger partial charge in [-0.15, -0.1) is 0 Å². The summed E-state index contributed by atoms with van der Waals surface area (Å²) in [4.78, 5) is 24.6. The Morgan fingerprint density at radius 1 is 1.06 bits per heavy atom. The zero-order chi connectivity index (χ0) is 13.0. The summed E-state index contributed by atoms with van der Waals surface area (Å²) in [5, 5.41) is 8.73. The highest BCUT2D eigenvalue weighted by Gasteiger charge is 2.07. The second-order valence-corrected chi connectivity index (χ2v) is 3.71. The van der Waals surface area contributed by atoms with Gasteiger partial charge in [-0.2, -0.15) is 0 Å². The Labute approximate surface area is 103 Å². The van der Waals surface area contributed by atoms with Crippen LogP contribution < -0.4 is 5.56 Å². The Balaban J connectivity index is 2.26. The average Bonchev–Trinajstić information content (AvgIpc) is 2.37. The van der Waals surface area contributed by atoms with Crippen molar-refractivity contribution in [2.24, 2.45) is 0 Å². The molecule has 0 aliphatic rings. The molecule has 2 N–H and O–H groups in total. The van der Waals surface area contributed by atoms with Crippen LogP contribution in [0.3, 0.4) is 0 Å². The Morgan fingerprint density at radius 3 is 2.39 bits per heavy atom. The van der Waals surface area contributed by atoms with Gasteiger partial charge in [-0.25, -0.2) is 4.79 Å². The van der Waals surface area contributed by atoms with E-state index in [4.69, 9.17) is 5.11 Å². The minimum Gasteiger partial charge on any atom is -0.477 e. The van der Waals surface area contributed by atoms with Gasteiger partial charge in [0.15, 0.2) is 0 Å². The molecule has 0 fully saturated rings. The molecule has 90 valence electrons. The van der Waals surface area contributed by atoms with E-state index in [1.807, 2.05) is 36.4 Å². The van der Waals surface area contributed by atoms with Crippen LogP contribution >= 0.6 is 0 Å². The first-order valence-electron chi connectivity index (χ1n) is 5.36. The standard InChI is InChI=1S/C14H11NO3/c16-13-12(14(17)18)9-8-11(15-13)7-6-10-4-2-1-3-5-10/h1-9H,(H,15,16)(H,17,18)/b7-6-. The number of pyridine rings is 1. The third kappa shape index (κ3) is 2.74. The number of hydrogen-bond acceptors (Lipinski definition) is 2. The largest absolute Gasteiger partial charge is 0.477 e. The molecule has 1 aromatic carbocycles. The van der Waals surface area contributed by atoms with Gasteiger partial charge < -0.3 is 10.1 Å². The van der Waals surface area contributed by atoms with Crippen molar-refractivity contribution in [2.75, 3.05) is 0 Å². The van der Waals surface area contributed by atoms with Gasteiger partial charge >= 0.3 is 5.97 Å². The van der Waals surface area contributed by atoms with Crippen LogP contribution in [0.1, 0.15) is 21.6 Å². The smallest absolute Gasteiger partial charge is 0.341 e. The highest BCUT2D eigenvalue weighted by Crippen LogP contribution is 2.05. The van der Waals surface area contributed by atoms with Gasteiger partial charge in [0.05, 0.1) is 0 Å². The number of carboxylic acids is 1. The molecule has 0 amide bonds. The highest BCUT2D eigenvalue weighted by molar-refractivity contribution is 5.87. The molecule has 4 nitrogen and oxygen atoms in total. The maximum Gasteiger partial charge on any atom is 0.341 e. The minimum absolute atomic E-state index is 0.258. The molecule has 1 aromatic heterocycles. The molecule has 0 unspecified atom stereocenters. The van der Waals surface area contributed by atoms with E-state index in [1.165, 1.54) is 6.07 Å². The number of hydrogen-bond donors (Lipinski definition) is 2. The zero-order valence-corrected chi connectivity index (χ0v) is 9.46. The fourth-order valence-electron chi connectivity index (χ4n) is 1.50. The summed E-state index contributed by atoms with van der Waals surface area (Å²) in [6.07, 6.45) is 3.56. The van der Waals surface area contributed by atoms with E-state index >= 15 is 0 Å². The van der Waals surface area contributed by atoms with E-state index in [0.29, 0.717) is 5.69 Å². The fourth-order valence-corrected chi connectivity index (χ4v) is 1.50. The van der Waals surface area contributed by atoms with Crippen LogP contribution in [0.5, 0.6) is 0 Å². The fraction of sp³-hybridized carbons (Fsp3) is 0. The second kappa shape index (κ2) is 5.14. The number of carbonyl (C=O) groups is 1. The number of rotatable bonds is 3. The maximum absolute atomic E-state index is 11.4. The first-order chi connectivity index (χ1) is 8.66. The average molecular weight is 241 g/mol. The van der Waals surface area contributed by atoms with Crippen LogP contribution in [0.2, 0.25) is 0 Å². The molecule has 2 rings (SSSR count). The van der Waals surface area contributed by atoms with Gasteiger partial charge in [-0.05, 0) is 23.8 Å². The lowest BCUT2D eigenvalue weighted by atomic mass is 10.2. The molecule has 0 atom stereocenters. The summed E-state index contributed by atoms with van der Waals surface area (Å²) in [6.45, 7) is 0. The molecule has 18 heavy (non-hydrogen) atoms. The Kier molecular flexibility index (Phi) is 3.38. The SMILES string of the molecule is O=C(O)c1ccc(/C=C\c2ccccc2)[nH]c1=O. The van der Waals surface area contributed by atoms with Gasteiger partial charge in [0.2, 0.25) is 0 Å². The highest BCUT2D eigenvalue weighted by atomic mass is 16.4. The molecule has 0 aliphatic carbocycles. The van der Waals surface area contributed by atoms with Gasteiger partial charge in [0.25, 0.3) is 5.56 Å². The van der Waals surface area contributed by atoms with Crippen molar-refractivity contribution in [2.45, 2.75) is 0 Å². The van der Waals surface area contributed by atoms with Crippen LogP contribution in [-0.4, -0.2) is 16.1 Å². The number of nitrogens with one attached hydrogen (secondary N) is 1. The lowest BCUT2D eigenvalue weighted by Crippen LogP contribution is -2.17. The van der Waals surface area contributed by atoms with E-state index in [2.05, 4.69) is 4.98 Å². The van der Waals surface area contributed by atoms with Crippen molar-refractivity contribution >= 4 is 18.1 Å². The maximum atomic E-state index is 11.4. The van der Waals surface area contributed by atoms with E-state index in [0.717, 1.165) is 5.56 Å². The molecule has 0 aliphatic heterocycles. The quantitative estimate of drug-likeness (QED) is 0.865. The summed E-state index contributed by atoms with van der Waals surface area (Å²) < 4.78 is 0. The topological polar surface area (TPSA) is 70.2 Å². The number of aromatic amines is 1. The monoisotopic (exact) mass is 241 g/mol. The van der Waals surface area contributed by atoms with Gasteiger partial charge in [0, 0.05) is 5.69 Å². The Morgan fingerprint density at radius 2 is 1.78 bits per heavy atom. The summed E-state index contributed by atoms with van der Waals surface area (Å²) >= 11 is 0. The molecule has 0 saturated heterocycles. The van der Waals surface area contributed by atoms with Crippen LogP contribution in [0.15, 0.2) is 47.3 Å². The summed E-state index contributed by atoms with van der Waals surface area (Å²) in [5.74, 6) is -1.23. The summed E-state index contributed by atoms with van der Waals surface area (Å²) in [6, 6.07) is 12.5. The molecule has 1 heterocycles.